The molecule has 1 aliphatic rings. The van der Waals surface area contributed by atoms with E-state index in [1.807, 2.05) is 54.6 Å². The summed E-state index contributed by atoms with van der Waals surface area (Å²) < 4.78 is 12.8. The lowest BCUT2D eigenvalue weighted by Gasteiger charge is -2.38. The number of aliphatic carboxylic acids is 1. The van der Waals surface area contributed by atoms with E-state index < -0.39 is 12.3 Å². The molecule has 0 unspecified atom stereocenters. The lowest BCUT2D eigenvalue weighted by molar-refractivity contribution is -0.252. The summed E-state index contributed by atoms with van der Waals surface area (Å²) in [4.78, 5) is 24.9. The predicted molar refractivity (Wildman–Crippen MR) is 143 cm³/mol. The van der Waals surface area contributed by atoms with Crippen LogP contribution in [0.5, 0.6) is 0 Å². The maximum atomic E-state index is 12.0. The van der Waals surface area contributed by atoms with Gasteiger partial charge in [-0.2, -0.15) is 0 Å². The molecule has 200 valence electrons. The molecule has 3 atom stereocenters. The number of carbonyl (C=O) groups excluding carboxylic acids is 1. The number of anilines is 1. The highest BCUT2D eigenvalue weighted by molar-refractivity contribution is 5.92. The Bertz CT molecular complexity index is 1180. The molecule has 0 aromatic heterocycles. The summed E-state index contributed by atoms with van der Waals surface area (Å²) in [6, 6.07) is 25.3. The van der Waals surface area contributed by atoms with Crippen molar-refractivity contribution in [3.8, 4) is 0 Å². The molecule has 1 fully saturated rings. The highest BCUT2D eigenvalue weighted by Crippen LogP contribution is 2.38. The molecule has 0 radical (unpaired) electrons. The monoisotopic (exact) mass is 518 g/mol. The van der Waals surface area contributed by atoms with Crippen molar-refractivity contribution in [2.45, 2.75) is 50.9 Å². The van der Waals surface area contributed by atoms with E-state index >= 15 is 0 Å². The Kier molecular flexibility index (Phi) is 9.62. The van der Waals surface area contributed by atoms with Gasteiger partial charge in [-0.15, -0.1) is 0 Å². The molecule has 1 aliphatic heterocycles. The van der Waals surface area contributed by atoms with Crippen LogP contribution in [0.2, 0.25) is 0 Å². The van der Waals surface area contributed by atoms with E-state index in [9.17, 15) is 14.7 Å². The number of hydrogen-bond acceptors (Lipinski definition) is 6. The largest absolute Gasteiger partial charge is 0.481 e. The van der Waals surface area contributed by atoms with Crippen LogP contribution in [0.25, 0.3) is 0 Å². The molecule has 1 amide bonds. The Hall–Kier alpha value is -3.56. The van der Waals surface area contributed by atoms with Crippen molar-refractivity contribution < 1.29 is 29.3 Å². The molecular weight excluding hydrogens is 484 g/mol. The van der Waals surface area contributed by atoms with Crippen molar-refractivity contribution in [1.29, 1.82) is 0 Å². The second kappa shape index (κ2) is 13.3. The van der Waals surface area contributed by atoms with Crippen molar-refractivity contribution in [2.24, 2.45) is 0 Å². The number of aliphatic hydroxyl groups is 1. The van der Waals surface area contributed by atoms with Gasteiger partial charge >= 0.3 is 5.97 Å². The van der Waals surface area contributed by atoms with Crippen molar-refractivity contribution >= 4 is 17.6 Å². The number of rotatable bonds is 11. The standard InChI is InChI=1S/C30H34N2O6/c1-32(18-21-5-3-2-4-6-21)19-26-17-27(23-9-7-22(20-33)8-10-23)38-30(37-26)24-11-13-25(14-12-24)31-28(34)15-16-29(35)36/h2-14,26-27,30,33H,15-20H2,1H3,(H,31,34)(H,35,36)/t26-,27+,30+/m0/s1. The van der Waals surface area contributed by atoms with E-state index in [2.05, 4.69) is 29.4 Å². The molecule has 1 saturated heterocycles. The summed E-state index contributed by atoms with van der Waals surface area (Å²) in [5, 5.41) is 20.9. The number of hydrogen-bond donors (Lipinski definition) is 3. The summed E-state index contributed by atoms with van der Waals surface area (Å²) in [6.07, 6.45) is -0.480. The molecule has 8 heteroatoms. The van der Waals surface area contributed by atoms with Crippen LogP contribution in [-0.2, 0) is 32.2 Å². The zero-order valence-electron chi connectivity index (χ0n) is 21.5. The highest BCUT2D eigenvalue weighted by atomic mass is 16.7. The third kappa shape index (κ3) is 7.97. The van der Waals surface area contributed by atoms with E-state index in [1.165, 1.54) is 5.56 Å². The van der Waals surface area contributed by atoms with Gasteiger partial charge in [0.15, 0.2) is 6.29 Å². The van der Waals surface area contributed by atoms with Crippen LogP contribution in [0.4, 0.5) is 5.69 Å². The molecule has 3 aromatic rings. The molecule has 3 N–H and O–H groups in total. The van der Waals surface area contributed by atoms with Gasteiger partial charge in [-0.1, -0.05) is 66.7 Å². The molecule has 38 heavy (non-hydrogen) atoms. The number of nitrogens with zero attached hydrogens (tertiary/aromatic N) is 1. The first-order chi connectivity index (χ1) is 18.4. The third-order valence-corrected chi connectivity index (χ3v) is 6.46. The normalized spacial score (nSPS) is 19.3. The van der Waals surface area contributed by atoms with Crippen molar-refractivity contribution in [1.82, 2.24) is 4.90 Å². The van der Waals surface area contributed by atoms with Gasteiger partial charge in [0.2, 0.25) is 5.91 Å². The minimum Gasteiger partial charge on any atom is -0.481 e. The van der Waals surface area contributed by atoms with Gasteiger partial charge in [-0.25, -0.2) is 0 Å². The zero-order chi connectivity index (χ0) is 26.9. The Balaban J connectivity index is 1.46. The van der Waals surface area contributed by atoms with Crippen LogP contribution in [0.1, 0.15) is 53.9 Å². The topological polar surface area (TPSA) is 108 Å². The Morgan fingerprint density at radius 3 is 2.24 bits per heavy atom. The number of carboxylic acid groups (broad SMARTS) is 1. The van der Waals surface area contributed by atoms with Gasteiger partial charge in [-0.3, -0.25) is 14.5 Å². The molecule has 8 nitrogen and oxygen atoms in total. The van der Waals surface area contributed by atoms with Crippen LogP contribution in [0.3, 0.4) is 0 Å². The van der Waals surface area contributed by atoms with Crippen LogP contribution >= 0.6 is 0 Å². The SMILES string of the molecule is CN(Cc1ccccc1)C[C@@H]1C[C@H](c2ccc(CO)cc2)O[C@H](c2ccc(NC(=O)CCC(=O)O)cc2)O1. The highest BCUT2D eigenvalue weighted by Gasteiger charge is 2.32. The van der Waals surface area contributed by atoms with Crippen LogP contribution in [0, 0.1) is 0 Å². The molecular formula is C30H34N2O6. The maximum Gasteiger partial charge on any atom is 0.303 e. The minimum absolute atomic E-state index is 0.0103. The first kappa shape index (κ1) is 27.5. The molecule has 0 aliphatic carbocycles. The molecule has 4 rings (SSSR count). The summed E-state index contributed by atoms with van der Waals surface area (Å²) in [6.45, 7) is 1.51. The van der Waals surface area contributed by atoms with E-state index in [1.54, 1.807) is 12.1 Å². The number of carboxylic acids is 1. The molecule has 0 bridgehead atoms. The van der Waals surface area contributed by atoms with Gasteiger partial charge in [0.25, 0.3) is 0 Å². The Morgan fingerprint density at radius 1 is 0.895 bits per heavy atom. The smallest absolute Gasteiger partial charge is 0.303 e. The van der Waals surface area contributed by atoms with Crippen molar-refractivity contribution in [3.63, 3.8) is 0 Å². The van der Waals surface area contributed by atoms with Gasteiger partial charge in [0.1, 0.15) is 0 Å². The summed E-state index contributed by atoms with van der Waals surface area (Å²) in [7, 11) is 2.08. The fraction of sp³-hybridized carbons (Fsp3) is 0.333. The first-order valence-electron chi connectivity index (χ1n) is 12.7. The van der Waals surface area contributed by atoms with Gasteiger partial charge in [0, 0.05) is 37.2 Å². The number of benzene rings is 3. The Morgan fingerprint density at radius 2 is 1.58 bits per heavy atom. The van der Waals surface area contributed by atoms with E-state index in [-0.39, 0.29) is 37.6 Å². The molecule has 1 heterocycles. The average molecular weight is 519 g/mol. The van der Waals surface area contributed by atoms with Crippen molar-refractivity contribution in [2.75, 3.05) is 18.9 Å². The molecule has 0 saturated carbocycles. The van der Waals surface area contributed by atoms with Crippen molar-refractivity contribution in [3.05, 3.63) is 101 Å². The fourth-order valence-electron chi connectivity index (χ4n) is 4.51. The molecule has 3 aromatic carbocycles. The summed E-state index contributed by atoms with van der Waals surface area (Å²) >= 11 is 0. The fourth-order valence-corrected chi connectivity index (χ4v) is 4.51. The predicted octanol–water partition coefficient (Wildman–Crippen LogP) is 4.66. The van der Waals surface area contributed by atoms with E-state index in [0.29, 0.717) is 12.1 Å². The van der Waals surface area contributed by atoms with Gasteiger partial charge < -0.3 is 25.0 Å². The number of aliphatic hydroxyl groups excluding tert-OH is 1. The van der Waals surface area contributed by atoms with Gasteiger partial charge in [0.05, 0.1) is 25.2 Å². The lowest BCUT2D eigenvalue weighted by Crippen LogP contribution is -2.37. The summed E-state index contributed by atoms with van der Waals surface area (Å²) in [5.74, 6) is -1.36. The number of carbonyl (C=O) groups is 2. The minimum atomic E-state index is -1.01. The average Bonchev–Trinajstić information content (AvgIpc) is 2.92. The van der Waals surface area contributed by atoms with Crippen LogP contribution < -0.4 is 5.32 Å². The third-order valence-electron chi connectivity index (χ3n) is 6.46. The maximum absolute atomic E-state index is 12.0. The van der Waals surface area contributed by atoms with Crippen LogP contribution in [0.15, 0.2) is 78.9 Å². The Labute approximate surface area is 222 Å². The number of amides is 1. The second-order valence-corrected chi connectivity index (χ2v) is 9.60. The van der Waals surface area contributed by atoms with E-state index in [4.69, 9.17) is 14.6 Å². The number of ether oxygens (including phenoxy) is 2. The lowest BCUT2D eigenvalue weighted by atomic mass is 9.99. The van der Waals surface area contributed by atoms with Crippen LogP contribution in [-0.4, -0.2) is 46.7 Å². The molecule has 0 spiro atoms. The van der Waals surface area contributed by atoms with E-state index in [0.717, 1.165) is 29.8 Å². The number of likely N-dealkylation sites (N-methyl/N-ethyl adjacent to an activating group) is 1. The van der Waals surface area contributed by atoms with Gasteiger partial charge in [-0.05, 0) is 35.9 Å². The first-order valence-corrected chi connectivity index (χ1v) is 12.7. The summed E-state index contributed by atoms with van der Waals surface area (Å²) in [5.41, 5.74) is 4.50. The quantitative estimate of drug-likeness (QED) is 0.339. The second-order valence-electron chi connectivity index (χ2n) is 9.60. The number of nitrogens with one attached hydrogen (secondary N) is 1. The zero-order valence-corrected chi connectivity index (χ0v) is 21.5.